The molecule has 0 spiro atoms. The van der Waals surface area contributed by atoms with Crippen LogP contribution in [0.2, 0.25) is 0 Å². The number of rotatable bonds is 7. The van der Waals surface area contributed by atoms with Crippen LogP contribution in [-0.2, 0) is 11.3 Å². The average molecular weight is 397 g/mol. The molecule has 0 amide bonds. The molecule has 152 valence electrons. The fourth-order valence-electron chi connectivity index (χ4n) is 3.51. The minimum atomic E-state index is -0.447. The molecular weight excluding hydrogens is 374 g/mol. The molecule has 0 saturated carbocycles. The van der Waals surface area contributed by atoms with Gasteiger partial charge in [-0.3, -0.25) is 15.1 Å². The summed E-state index contributed by atoms with van der Waals surface area (Å²) in [6, 6.07) is 11.0. The van der Waals surface area contributed by atoms with E-state index in [9.17, 15) is 20.0 Å². The Morgan fingerprint density at radius 1 is 1.31 bits per heavy atom. The predicted octanol–water partition coefficient (Wildman–Crippen LogP) is 3.51. The van der Waals surface area contributed by atoms with Crippen molar-refractivity contribution in [1.82, 2.24) is 5.01 Å². The van der Waals surface area contributed by atoms with Gasteiger partial charge in [-0.15, -0.1) is 0 Å². The largest absolute Gasteiger partial charge is 0.504 e. The van der Waals surface area contributed by atoms with Crippen molar-refractivity contribution in [3.05, 3.63) is 63.7 Å². The number of nitro groups is 1. The van der Waals surface area contributed by atoms with Crippen LogP contribution >= 0.6 is 0 Å². The van der Waals surface area contributed by atoms with Gasteiger partial charge in [0.25, 0.3) is 5.69 Å². The molecule has 2 atom stereocenters. The molecule has 0 fully saturated rings. The summed E-state index contributed by atoms with van der Waals surface area (Å²) < 4.78 is 5.11. The first kappa shape index (κ1) is 20.3. The zero-order valence-corrected chi connectivity index (χ0v) is 16.3. The normalized spacial score (nSPS) is 18.8. The number of benzene rings is 2. The first-order valence-electron chi connectivity index (χ1n) is 9.38. The molecule has 0 bridgehead atoms. The Kier molecular flexibility index (Phi) is 6.11. The Morgan fingerprint density at radius 3 is 2.59 bits per heavy atom. The van der Waals surface area contributed by atoms with Crippen LogP contribution in [0.3, 0.4) is 0 Å². The summed E-state index contributed by atoms with van der Waals surface area (Å²) in [6.07, 6.45) is 2.31. The maximum atomic E-state index is 11.7. The number of phenols is 1. The molecule has 1 heterocycles. The number of carbonyl (C=O) groups excluding carboxylic acids is 1. The van der Waals surface area contributed by atoms with Crippen LogP contribution in [-0.4, -0.2) is 40.2 Å². The maximum Gasteiger partial charge on any atom is 0.269 e. The van der Waals surface area contributed by atoms with Crippen molar-refractivity contribution in [3.8, 4) is 11.5 Å². The van der Waals surface area contributed by atoms with Crippen LogP contribution < -0.4 is 4.74 Å². The summed E-state index contributed by atoms with van der Waals surface area (Å²) in [5.41, 5.74) is 2.40. The molecule has 0 aliphatic carbocycles. The number of ether oxygens (including phenoxy) is 1. The van der Waals surface area contributed by atoms with E-state index in [0.29, 0.717) is 18.7 Å². The Labute approximate surface area is 168 Å². The highest BCUT2D eigenvalue weighted by atomic mass is 16.6. The Morgan fingerprint density at radius 2 is 2.03 bits per heavy atom. The average Bonchev–Trinajstić information content (AvgIpc) is 2.73. The van der Waals surface area contributed by atoms with Gasteiger partial charge in [0.05, 0.1) is 24.3 Å². The number of hydrazone groups is 1. The van der Waals surface area contributed by atoms with E-state index in [1.807, 2.05) is 13.0 Å². The zero-order chi connectivity index (χ0) is 21.0. The summed E-state index contributed by atoms with van der Waals surface area (Å²) >= 11 is 0. The lowest BCUT2D eigenvalue weighted by Gasteiger charge is -2.35. The van der Waals surface area contributed by atoms with Crippen molar-refractivity contribution in [3.63, 3.8) is 0 Å². The number of non-ortho nitro benzene ring substituents is 1. The molecule has 8 nitrogen and oxygen atoms in total. The number of nitro benzene ring substituents is 1. The van der Waals surface area contributed by atoms with E-state index in [2.05, 4.69) is 0 Å². The van der Waals surface area contributed by atoms with Crippen LogP contribution in [0.4, 0.5) is 5.69 Å². The van der Waals surface area contributed by atoms with Crippen LogP contribution in [0.25, 0.3) is 0 Å². The molecule has 1 aliphatic rings. The third-order valence-electron chi connectivity index (χ3n) is 5.15. The van der Waals surface area contributed by atoms with Crippen molar-refractivity contribution in [2.75, 3.05) is 7.11 Å². The molecule has 3 rings (SSSR count). The van der Waals surface area contributed by atoms with E-state index in [0.717, 1.165) is 29.5 Å². The zero-order valence-electron chi connectivity index (χ0n) is 16.3. The molecule has 2 aromatic carbocycles. The number of aldehydes is 1. The number of phenolic OH excluding ortho intramolecular Hbond substituents is 1. The van der Waals surface area contributed by atoms with Crippen molar-refractivity contribution in [2.24, 2.45) is 11.0 Å². The molecule has 1 N–H and O–H groups in total. The third kappa shape index (κ3) is 4.37. The smallest absolute Gasteiger partial charge is 0.269 e. The van der Waals surface area contributed by atoms with Crippen LogP contribution in [0.15, 0.2) is 47.6 Å². The number of aromatic hydroxyl groups is 1. The topological polar surface area (TPSA) is 105 Å². The molecule has 29 heavy (non-hydrogen) atoms. The van der Waals surface area contributed by atoms with Gasteiger partial charge >= 0.3 is 0 Å². The van der Waals surface area contributed by atoms with Crippen molar-refractivity contribution >= 4 is 17.7 Å². The number of nitrogens with zero attached hydrogens (tertiary/aromatic N) is 3. The number of carbonyl (C=O) groups is 1. The van der Waals surface area contributed by atoms with Crippen molar-refractivity contribution in [2.45, 2.75) is 32.4 Å². The highest BCUT2D eigenvalue weighted by Crippen LogP contribution is 2.32. The molecule has 0 aromatic heterocycles. The number of methoxy groups -OCH3 is 1. The van der Waals surface area contributed by atoms with Gasteiger partial charge in [0.2, 0.25) is 0 Å². The van der Waals surface area contributed by atoms with Gasteiger partial charge in [-0.2, -0.15) is 5.10 Å². The van der Waals surface area contributed by atoms with Crippen molar-refractivity contribution in [1.29, 1.82) is 0 Å². The standard InChI is InChI=1S/C21H23N3O5/c1-3-15-10-18(13-25)23(12-14-4-7-17(8-5-14)24(27)28)22-21(15)16-6-9-20(29-2)19(26)11-16/h4-9,11,13,15,18,26H,3,10,12H2,1-2H3. The van der Waals surface area contributed by atoms with E-state index >= 15 is 0 Å². The van der Waals surface area contributed by atoms with Crippen LogP contribution in [0.5, 0.6) is 11.5 Å². The first-order chi connectivity index (χ1) is 14.0. The van der Waals surface area contributed by atoms with E-state index < -0.39 is 4.92 Å². The second kappa shape index (κ2) is 8.72. The van der Waals surface area contributed by atoms with Gasteiger partial charge in [-0.1, -0.05) is 19.1 Å². The summed E-state index contributed by atoms with van der Waals surface area (Å²) in [5, 5.41) is 27.4. The number of hydrogen-bond acceptors (Lipinski definition) is 7. The van der Waals surface area contributed by atoms with Crippen LogP contribution in [0, 0.1) is 16.0 Å². The lowest BCUT2D eigenvalue weighted by molar-refractivity contribution is -0.384. The molecule has 0 radical (unpaired) electrons. The van der Waals surface area contributed by atoms with E-state index in [-0.39, 0.29) is 23.4 Å². The second-order valence-electron chi connectivity index (χ2n) is 6.94. The predicted molar refractivity (Wildman–Crippen MR) is 108 cm³/mol. The van der Waals surface area contributed by atoms with Gasteiger partial charge in [-0.25, -0.2) is 0 Å². The first-order valence-corrected chi connectivity index (χ1v) is 9.38. The highest BCUT2D eigenvalue weighted by Gasteiger charge is 2.31. The molecule has 1 aliphatic heterocycles. The fraction of sp³-hybridized carbons (Fsp3) is 0.333. The summed E-state index contributed by atoms with van der Waals surface area (Å²) in [7, 11) is 1.49. The summed E-state index contributed by atoms with van der Waals surface area (Å²) in [6.45, 7) is 2.39. The minimum Gasteiger partial charge on any atom is -0.504 e. The lowest BCUT2D eigenvalue weighted by Crippen LogP contribution is -2.41. The van der Waals surface area contributed by atoms with Gasteiger partial charge in [0.15, 0.2) is 11.5 Å². The summed E-state index contributed by atoms with van der Waals surface area (Å²) in [5.74, 6) is 0.486. The van der Waals surface area contributed by atoms with Gasteiger partial charge in [0.1, 0.15) is 12.3 Å². The Bertz CT molecular complexity index is 926. The Hall–Kier alpha value is -3.42. The summed E-state index contributed by atoms with van der Waals surface area (Å²) in [4.78, 5) is 22.1. The molecule has 0 saturated heterocycles. The minimum absolute atomic E-state index is 0.0169. The second-order valence-corrected chi connectivity index (χ2v) is 6.94. The third-order valence-corrected chi connectivity index (χ3v) is 5.15. The molecule has 2 unspecified atom stereocenters. The maximum absolute atomic E-state index is 11.7. The van der Waals surface area contributed by atoms with E-state index in [1.54, 1.807) is 29.3 Å². The Balaban J connectivity index is 1.93. The molecular formula is C21H23N3O5. The fourth-order valence-corrected chi connectivity index (χ4v) is 3.51. The number of hydrogen-bond donors (Lipinski definition) is 1. The van der Waals surface area contributed by atoms with E-state index in [4.69, 9.17) is 9.84 Å². The van der Waals surface area contributed by atoms with Crippen LogP contribution in [0.1, 0.15) is 30.9 Å². The van der Waals surface area contributed by atoms with E-state index in [1.165, 1.54) is 19.2 Å². The van der Waals surface area contributed by atoms with Gasteiger partial charge < -0.3 is 14.6 Å². The highest BCUT2D eigenvalue weighted by molar-refractivity contribution is 6.03. The quantitative estimate of drug-likeness (QED) is 0.435. The molecule has 2 aromatic rings. The SMILES string of the molecule is CCC1CC(C=O)N(Cc2ccc([N+](=O)[O-])cc2)N=C1c1ccc(OC)c(O)c1. The lowest BCUT2D eigenvalue weighted by atomic mass is 9.87. The van der Waals surface area contributed by atoms with Gasteiger partial charge in [0, 0.05) is 23.6 Å². The monoisotopic (exact) mass is 397 g/mol. The van der Waals surface area contributed by atoms with Gasteiger partial charge in [-0.05, 0) is 36.6 Å². The van der Waals surface area contributed by atoms with Crippen molar-refractivity contribution < 1.29 is 19.6 Å². The molecule has 8 heteroatoms.